The number of aromatic amines is 1. The number of hydrogen-bond acceptors (Lipinski definition) is 7. The number of rotatable bonds is 7. The van der Waals surface area contributed by atoms with Crippen molar-refractivity contribution in [3.63, 3.8) is 0 Å². The van der Waals surface area contributed by atoms with E-state index in [4.69, 9.17) is 9.84 Å². The van der Waals surface area contributed by atoms with E-state index in [1.54, 1.807) is 24.3 Å². The largest absolute Gasteiger partial charge is 0.437 e. The molecular weight excluding hydrogens is 386 g/mol. The molecule has 2 aromatic carbocycles. The van der Waals surface area contributed by atoms with Crippen molar-refractivity contribution in [3.8, 4) is 11.6 Å². The number of carbonyl (C=O) groups is 2. The van der Waals surface area contributed by atoms with Gasteiger partial charge in [-0.15, -0.1) is 0 Å². The molecule has 0 spiro atoms. The van der Waals surface area contributed by atoms with E-state index < -0.39 is 5.91 Å². The molecule has 4 rings (SSSR count). The third kappa shape index (κ3) is 4.01. The summed E-state index contributed by atoms with van der Waals surface area (Å²) in [4.78, 5) is 40.2. The van der Waals surface area contributed by atoms with Crippen molar-refractivity contribution in [2.24, 2.45) is 0 Å². The lowest BCUT2D eigenvalue weighted by Gasteiger charge is -2.09. The Labute approximate surface area is 170 Å². The summed E-state index contributed by atoms with van der Waals surface area (Å²) < 4.78 is 5.67. The van der Waals surface area contributed by atoms with E-state index in [1.807, 2.05) is 24.3 Å². The predicted octanol–water partition coefficient (Wildman–Crippen LogP) is 2.10. The number of benzene rings is 2. The highest BCUT2D eigenvalue weighted by Crippen LogP contribution is 2.23. The van der Waals surface area contributed by atoms with Crippen LogP contribution in [0.15, 0.2) is 60.9 Å². The van der Waals surface area contributed by atoms with Gasteiger partial charge in [0.2, 0.25) is 5.78 Å². The highest BCUT2D eigenvalue weighted by Gasteiger charge is 2.17. The number of hydrogen-bond donors (Lipinski definition) is 3. The molecule has 1 amide bonds. The van der Waals surface area contributed by atoms with E-state index >= 15 is 0 Å². The standard InChI is InChI=1S/C21H17N5O4/c27-12-11-23-20(29)17-21(24-10-9-22-17)30-14-7-5-13(6-8-14)18(28)19-25-15-3-1-2-4-16(15)26-19/h1-10,27H,11-12H2,(H,23,29)(H,25,26). The third-order valence-corrected chi connectivity index (χ3v) is 4.21. The minimum absolute atomic E-state index is 0.00613. The molecular formula is C21H17N5O4. The molecule has 0 fully saturated rings. The first-order valence-electron chi connectivity index (χ1n) is 9.13. The van der Waals surface area contributed by atoms with Gasteiger partial charge in [0.15, 0.2) is 11.5 Å². The van der Waals surface area contributed by atoms with Crippen LogP contribution in [0, 0.1) is 0 Å². The average molecular weight is 403 g/mol. The number of imidazole rings is 1. The van der Waals surface area contributed by atoms with E-state index in [0.29, 0.717) is 11.3 Å². The number of aliphatic hydroxyl groups is 1. The normalized spacial score (nSPS) is 10.7. The van der Waals surface area contributed by atoms with Crippen molar-refractivity contribution in [2.45, 2.75) is 0 Å². The molecule has 0 aliphatic heterocycles. The summed E-state index contributed by atoms with van der Waals surface area (Å²) in [5.41, 5.74) is 1.93. The number of amides is 1. The molecule has 0 unspecified atom stereocenters. The van der Waals surface area contributed by atoms with Gasteiger partial charge in [-0.25, -0.2) is 15.0 Å². The van der Waals surface area contributed by atoms with Crippen LogP contribution in [0.1, 0.15) is 26.7 Å². The van der Waals surface area contributed by atoms with E-state index in [2.05, 4.69) is 25.3 Å². The SMILES string of the molecule is O=C(c1ccc(Oc2nccnc2C(=O)NCCO)cc1)c1nc2ccccc2[nH]1. The quantitative estimate of drug-likeness (QED) is 0.403. The molecule has 9 nitrogen and oxygen atoms in total. The van der Waals surface area contributed by atoms with Crippen molar-refractivity contribution in [2.75, 3.05) is 13.2 Å². The Morgan fingerprint density at radius 3 is 2.57 bits per heavy atom. The first-order valence-corrected chi connectivity index (χ1v) is 9.13. The molecule has 2 aromatic heterocycles. The van der Waals surface area contributed by atoms with Crippen LogP contribution in [0.4, 0.5) is 0 Å². The first kappa shape index (κ1) is 19.2. The molecule has 0 radical (unpaired) electrons. The Morgan fingerprint density at radius 2 is 1.80 bits per heavy atom. The number of ketones is 1. The third-order valence-electron chi connectivity index (χ3n) is 4.21. The summed E-state index contributed by atoms with van der Waals surface area (Å²) >= 11 is 0. The van der Waals surface area contributed by atoms with Crippen LogP contribution >= 0.6 is 0 Å². The maximum atomic E-state index is 12.7. The lowest BCUT2D eigenvalue weighted by Crippen LogP contribution is -2.27. The molecule has 0 saturated carbocycles. The van der Waals surface area contributed by atoms with E-state index in [1.165, 1.54) is 12.4 Å². The predicted molar refractivity (Wildman–Crippen MR) is 107 cm³/mol. The Balaban J connectivity index is 1.52. The molecule has 0 saturated heterocycles. The van der Waals surface area contributed by atoms with Gasteiger partial charge < -0.3 is 20.1 Å². The minimum Gasteiger partial charge on any atom is -0.437 e. The number of fused-ring (bicyclic) bond motifs is 1. The molecule has 2 heterocycles. The average Bonchev–Trinajstić information content (AvgIpc) is 3.22. The van der Waals surface area contributed by atoms with Gasteiger partial charge in [-0.3, -0.25) is 9.59 Å². The lowest BCUT2D eigenvalue weighted by molar-refractivity contribution is 0.0936. The molecule has 0 aliphatic carbocycles. The Hall–Kier alpha value is -4.11. The number of para-hydroxylation sites is 2. The van der Waals surface area contributed by atoms with Gasteiger partial charge in [-0.05, 0) is 36.4 Å². The van der Waals surface area contributed by atoms with Crippen LogP contribution in [0.3, 0.4) is 0 Å². The zero-order valence-corrected chi connectivity index (χ0v) is 15.7. The topological polar surface area (TPSA) is 130 Å². The number of ether oxygens (including phenoxy) is 1. The fraction of sp³-hybridized carbons (Fsp3) is 0.0952. The maximum absolute atomic E-state index is 12.7. The van der Waals surface area contributed by atoms with Gasteiger partial charge in [0.25, 0.3) is 11.8 Å². The zero-order chi connectivity index (χ0) is 20.9. The fourth-order valence-electron chi connectivity index (χ4n) is 2.79. The summed E-state index contributed by atoms with van der Waals surface area (Å²) in [6.07, 6.45) is 2.77. The van der Waals surface area contributed by atoms with Gasteiger partial charge in [0.05, 0.1) is 17.6 Å². The Kier molecular flexibility index (Phi) is 5.44. The minimum atomic E-state index is -0.510. The number of aliphatic hydroxyl groups excluding tert-OH is 1. The van der Waals surface area contributed by atoms with Crippen LogP contribution in [0.2, 0.25) is 0 Å². The monoisotopic (exact) mass is 403 g/mol. The van der Waals surface area contributed by atoms with E-state index in [-0.39, 0.29) is 36.3 Å². The van der Waals surface area contributed by atoms with Crippen LogP contribution < -0.4 is 10.1 Å². The van der Waals surface area contributed by atoms with Crippen LogP contribution in [0.25, 0.3) is 11.0 Å². The molecule has 30 heavy (non-hydrogen) atoms. The summed E-state index contributed by atoms with van der Waals surface area (Å²) in [6.45, 7) is -0.101. The summed E-state index contributed by atoms with van der Waals surface area (Å²) in [5, 5.41) is 11.3. The second kappa shape index (κ2) is 8.50. The van der Waals surface area contributed by atoms with Gasteiger partial charge >= 0.3 is 0 Å². The van der Waals surface area contributed by atoms with Crippen LogP contribution in [0.5, 0.6) is 11.6 Å². The highest BCUT2D eigenvalue weighted by molar-refractivity contribution is 6.08. The molecule has 0 atom stereocenters. The van der Waals surface area contributed by atoms with Crippen molar-refractivity contribution in [3.05, 3.63) is 78.0 Å². The maximum Gasteiger partial charge on any atom is 0.275 e. The lowest BCUT2D eigenvalue weighted by atomic mass is 10.1. The van der Waals surface area contributed by atoms with E-state index in [9.17, 15) is 9.59 Å². The van der Waals surface area contributed by atoms with Crippen molar-refractivity contribution in [1.29, 1.82) is 0 Å². The number of nitrogens with zero attached hydrogens (tertiary/aromatic N) is 3. The van der Waals surface area contributed by atoms with Gasteiger partial charge in [0.1, 0.15) is 5.75 Å². The molecule has 9 heteroatoms. The van der Waals surface area contributed by atoms with Gasteiger partial charge in [-0.2, -0.15) is 0 Å². The van der Waals surface area contributed by atoms with Gasteiger partial charge in [0, 0.05) is 24.5 Å². The van der Waals surface area contributed by atoms with Crippen LogP contribution in [-0.4, -0.2) is 49.9 Å². The zero-order valence-electron chi connectivity index (χ0n) is 15.7. The molecule has 0 bridgehead atoms. The van der Waals surface area contributed by atoms with Gasteiger partial charge in [-0.1, -0.05) is 12.1 Å². The van der Waals surface area contributed by atoms with Crippen LogP contribution in [-0.2, 0) is 0 Å². The summed E-state index contributed by atoms with van der Waals surface area (Å²) in [5.74, 6) is -0.107. The first-order chi connectivity index (χ1) is 14.7. The number of aromatic nitrogens is 4. The molecule has 0 aliphatic rings. The Bertz CT molecular complexity index is 1170. The Morgan fingerprint density at radius 1 is 1.03 bits per heavy atom. The second-order valence-corrected chi connectivity index (χ2v) is 6.25. The van der Waals surface area contributed by atoms with E-state index in [0.717, 1.165) is 11.0 Å². The fourth-order valence-corrected chi connectivity index (χ4v) is 2.79. The number of nitrogens with one attached hydrogen (secondary N) is 2. The van der Waals surface area contributed by atoms with Crippen molar-refractivity contribution in [1.82, 2.24) is 25.3 Å². The molecule has 3 N–H and O–H groups in total. The molecule has 150 valence electrons. The molecule has 4 aromatic rings. The van der Waals surface area contributed by atoms with Crippen molar-refractivity contribution < 1.29 is 19.4 Å². The number of H-pyrrole nitrogens is 1. The summed E-state index contributed by atoms with van der Waals surface area (Å²) in [7, 11) is 0. The highest BCUT2D eigenvalue weighted by atomic mass is 16.5. The smallest absolute Gasteiger partial charge is 0.275 e. The second-order valence-electron chi connectivity index (χ2n) is 6.25. The summed E-state index contributed by atoms with van der Waals surface area (Å²) in [6, 6.07) is 13.8. The van der Waals surface area contributed by atoms with Crippen molar-refractivity contribution >= 4 is 22.7 Å². The number of carbonyl (C=O) groups excluding carboxylic acids is 2.